The quantitative estimate of drug-likeness (QED) is 0.657. The highest BCUT2D eigenvalue weighted by molar-refractivity contribution is 5.94. The van der Waals surface area contributed by atoms with Crippen LogP contribution in [0.5, 0.6) is 5.75 Å². The Morgan fingerprint density at radius 3 is 2.59 bits per heavy atom. The van der Waals surface area contributed by atoms with E-state index < -0.39 is 0 Å². The number of ether oxygens (including phenoxy) is 1. The first kappa shape index (κ1) is 18.7. The predicted octanol–water partition coefficient (Wildman–Crippen LogP) is 4.75. The lowest BCUT2D eigenvalue weighted by Crippen LogP contribution is -2.28. The van der Waals surface area contributed by atoms with Crippen LogP contribution in [0.1, 0.15) is 52.3 Å². The average molecular weight is 364 g/mol. The molecule has 5 heteroatoms. The summed E-state index contributed by atoms with van der Waals surface area (Å²) in [6.07, 6.45) is 0.817. The van der Waals surface area contributed by atoms with Crippen molar-refractivity contribution in [3.63, 3.8) is 0 Å². The summed E-state index contributed by atoms with van der Waals surface area (Å²) in [7, 11) is 0. The van der Waals surface area contributed by atoms with Crippen LogP contribution in [-0.2, 0) is 6.61 Å². The number of carbonyl (C=O) groups excluding carboxylic acids is 1. The van der Waals surface area contributed by atoms with E-state index in [4.69, 9.17) is 9.26 Å². The third kappa shape index (κ3) is 4.56. The van der Waals surface area contributed by atoms with Crippen LogP contribution in [0.4, 0.5) is 0 Å². The van der Waals surface area contributed by atoms with Gasteiger partial charge in [0.05, 0.1) is 17.3 Å². The van der Waals surface area contributed by atoms with Crippen LogP contribution >= 0.6 is 0 Å². The molecule has 0 saturated carbocycles. The van der Waals surface area contributed by atoms with Crippen molar-refractivity contribution >= 4 is 5.91 Å². The number of rotatable bonds is 7. The van der Waals surface area contributed by atoms with E-state index in [1.165, 1.54) is 0 Å². The highest BCUT2D eigenvalue weighted by Gasteiger charge is 2.15. The van der Waals surface area contributed by atoms with Crippen molar-refractivity contribution in [3.05, 3.63) is 82.7 Å². The van der Waals surface area contributed by atoms with Crippen molar-refractivity contribution in [1.29, 1.82) is 0 Å². The molecule has 0 aliphatic carbocycles. The Kier molecular flexibility index (Phi) is 5.91. The molecule has 0 aliphatic heterocycles. The molecule has 0 aliphatic rings. The zero-order chi connectivity index (χ0) is 19.2. The Bertz CT molecular complexity index is 883. The van der Waals surface area contributed by atoms with E-state index in [0.717, 1.165) is 29.0 Å². The molecule has 0 radical (unpaired) electrons. The van der Waals surface area contributed by atoms with Gasteiger partial charge in [0, 0.05) is 5.56 Å². The van der Waals surface area contributed by atoms with E-state index in [9.17, 15) is 4.79 Å². The first-order valence-electron chi connectivity index (χ1n) is 9.09. The van der Waals surface area contributed by atoms with Crippen LogP contribution < -0.4 is 10.1 Å². The molecule has 3 rings (SSSR count). The number of carbonyl (C=O) groups is 1. The molecule has 1 heterocycles. The first-order chi connectivity index (χ1) is 13.1. The molecule has 0 unspecified atom stereocenters. The topological polar surface area (TPSA) is 64.4 Å². The van der Waals surface area contributed by atoms with E-state index >= 15 is 0 Å². The van der Waals surface area contributed by atoms with Crippen molar-refractivity contribution < 1.29 is 14.1 Å². The minimum absolute atomic E-state index is 0.0226. The molecule has 0 spiro atoms. The maximum Gasteiger partial charge on any atom is 0.251 e. The lowest BCUT2D eigenvalue weighted by atomic mass is 10.0. The molecule has 27 heavy (non-hydrogen) atoms. The van der Waals surface area contributed by atoms with Gasteiger partial charge in [-0.05, 0) is 44.0 Å². The smallest absolute Gasteiger partial charge is 0.251 e. The molecule has 140 valence electrons. The summed E-state index contributed by atoms with van der Waals surface area (Å²) in [5.74, 6) is 1.26. The van der Waals surface area contributed by atoms with Gasteiger partial charge < -0.3 is 14.6 Å². The molecule has 0 saturated heterocycles. The van der Waals surface area contributed by atoms with Gasteiger partial charge in [0.2, 0.25) is 0 Å². The van der Waals surface area contributed by atoms with E-state index in [-0.39, 0.29) is 11.9 Å². The standard InChI is InChI=1S/C22H24N2O3/c1-4-21(17-9-6-5-7-10-17)23-22(25)18-11-8-12-19(13-18)26-14-20-15(2)24-27-16(20)3/h5-13,21H,4,14H2,1-3H3,(H,23,25)/t21-/m1/s1. The van der Waals surface area contributed by atoms with Gasteiger partial charge in [-0.3, -0.25) is 4.79 Å². The van der Waals surface area contributed by atoms with Crippen LogP contribution in [0.15, 0.2) is 59.1 Å². The van der Waals surface area contributed by atoms with E-state index in [1.54, 1.807) is 12.1 Å². The molecule has 1 atom stereocenters. The fourth-order valence-electron chi connectivity index (χ4n) is 2.94. The number of nitrogens with zero attached hydrogens (tertiary/aromatic N) is 1. The third-order valence-electron chi connectivity index (χ3n) is 4.58. The number of aryl methyl sites for hydroxylation is 2. The SMILES string of the molecule is CC[C@@H](NC(=O)c1cccc(OCc2c(C)noc2C)c1)c1ccccc1. The molecule has 1 amide bonds. The summed E-state index contributed by atoms with van der Waals surface area (Å²) < 4.78 is 11.0. The van der Waals surface area contributed by atoms with Gasteiger partial charge in [0.1, 0.15) is 18.1 Å². The molecular weight excluding hydrogens is 340 g/mol. The molecule has 5 nitrogen and oxygen atoms in total. The van der Waals surface area contributed by atoms with Gasteiger partial charge in [-0.2, -0.15) is 0 Å². The van der Waals surface area contributed by atoms with Crippen LogP contribution in [-0.4, -0.2) is 11.1 Å². The van der Waals surface area contributed by atoms with Gasteiger partial charge in [-0.1, -0.05) is 48.5 Å². The summed E-state index contributed by atoms with van der Waals surface area (Å²) in [6, 6.07) is 17.2. The van der Waals surface area contributed by atoms with Gasteiger partial charge in [-0.25, -0.2) is 0 Å². The van der Waals surface area contributed by atoms with Crippen molar-refractivity contribution in [2.24, 2.45) is 0 Å². The molecule has 1 N–H and O–H groups in total. The Labute approximate surface area is 159 Å². The van der Waals surface area contributed by atoms with Crippen LogP contribution in [0.2, 0.25) is 0 Å². The number of hydrogen-bond acceptors (Lipinski definition) is 4. The summed E-state index contributed by atoms with van der Waals surface area (Å²) in [4.78, 5) is 12.7. The van der Waals surface area contributed by atoms with Gasteiger partial charge in [0.25, 0.3) is 5.91 Å². The second kappa shape index (κ2) is 8.54. The number of aromatic nitrogens is 1. The maximum absolute atomic E-state index is 12.7. The molecule has 3 aromatic rings. The second-order valence-electron chi connectivity index (χ2n) is 6.46. The molecular formula is C22H24N2O3. The minimum Gasteiger partial charge on any atom is -0.489 e. The number of hydrogen-bond donors (Lipinski definition) is 1. The number of amides is 1. The summed E-state index contributed by atoms with van der Waals surface area (Å²) >= 11 is 0. The predicted molar refractivity (Wildman–Crippen MR) is 104 cm³/mol. The fourth-order valence-corrected chi connectivity index (χ4v) is 2.94. The zero-order valence-electron chi connectivity index (χ0n) is 15.9. The Morgan fingerprint density at radius 2 is 1.93 bits per heavy atom. The minimum atomic E-state index is -0.117. The van der Waals surface area contributed by atoms with E-state index in [1.807, 2.05) is 56.3 Å². The van der Waals surface area contributed by atoms with E-state index in [2.05, 4.69) is 17.4 Å². The first-order valence-corrected chi connectivity index (χ1v) is 9.09. The van der Waals surface area contributed by atoms with Gasteiger partial charge in [0.15, 0.2) is 0 Å². The number of benzene rings is 2. The van der Waals surface area contributed by atoms with E-state index in [0.29, 0.717) is 17.9 Å². The largest absolute Gasteiger partial charge is 0.489 e. The molecule has 0 fully saturated rings. The fraction of sp³-hybridized carbons (Fsp3) is 0.273. The summed E-state index contributed by atoms with van der Waals surface area (Å²) in [6.45, 7) is 6.15. The highest BCUT2D eigenvalue weighted by Crippen LogP contribution is 2.20. The zero-order valence-corrected chi connectivity index (χ0v) is 15.9. The average Bonchev–Trinajstić information content (AvgIpc) is 3.02. The molecule has 0 bridgehead atoms. The van der Waals surface area contributed by atoms with Crippen molar-refractivity contribution in [2.45, 2.75) is 39.8 Å². The Hall–Kier alpha value is -3.08. The van der Waals surface area contributed by atoms with Crippen LogP contribution in [0.3, 0.4) is 0 Å². The normalized spacial score (nSPS) is 11.8. The van der Waals surface area contributed by atoms with Gasteiger partial charge in [-0.15, -0.1) is 0 Å². The third-order valence-corrected chi connectivity index (χ3v) is 4.58. The lowest BCUT2D eigenvalue weighted by Gasteiger charge is -2.17. The number of nitrogens with one attached hydrogen (secondary N) is 1. The molecule has 1 aromatic heterocycles. The molecule has 2 aromatic carbocycles. The van der Waals surface area contributed by atoms with Crippen LogP contribution in [0, 0.1) is 13.8 Å². The summed E-state index contributed by atoms with van der Waals surface area (Å²) in [5.41, 5.74) is 3.41. The maximum atomic E-state index is 12.7. The van der Waals surface area contributed by atoms with Gasteiger partial charge >= 0.3 is 0 Å². The monoisotopic (exact) mass is 364 g/mol. The Balaban J connectivity index is 1.68. The highest BCUT2D eigenvalue weighted by atomic mass is 16.5. The van der Waals surface area contributed by atoms with Crippen molar-refractivity contribution in [3.8, 4) is 5.75 Å². The summed E-state index contributed by atoms with van der Waals surface area (Å²) in [5, 5.41) is 7.02. The lowest BCUT2D eigenvalue weighted by molar-refractivity contribution is 0.0935. The van der Waals surface area contributed by atoms with Crippen molar-refractivity contribution in [2.75, 3.05) is 0 Å². The second-order valence-corrected chi connectivity index (χ2v) is 6.46. The Morgan fingerprint density at radius 1 is 1.15 bits per heavy atom. The van der Waals surface area contributed by atoms with Crippen LogP contribution in [0.25, 0.3) is 0 Å². The van der Waals surface area contributed by atoms with Crippen molar-refractivity contribution in [1.82, 2.24) is 10.5 Å².